The molecule has 1 aromatic heterocycles. The maximum atomic E-state index is 12.4. The lowest BCUT2D eigenvalue weighted by Gasteiger charge is -2.19. The molecule has 0 aromatic carbocycles. The average Bonchev–Trinajstić information content (AvgIpc) is 2.42. The van der Waals surface area contributed by atoms with Crippen LogP contribution in [0.3, 0.4) is 0 Å². The molecule has 0 amide bonds. The lowest BCUT2D eigenvalue weighted by Crippen LogP contribution is -2.30. The van der Waals surface area contributed by atoms with Crippen molar-refractivity contribution in [3.05, 3.63) is 18.5 Å². The molecule has 108 valence electrons. The molecule has 1 N–H and O–H groups in total. The molecule has 19 heavy (non-hydrogen) atoms. The minimum atomic E-state index is -3.54. The molecule has 1 heterocycles. The van der Waals surface area contributed by atoms with Crippen LogP contribution in [0.2, 0.25) is 0 Å². The molecule has 0 aliphatic heterocycles. The summed E-state index contributed by atoms with van der Waals surface area (Å²) < 4.78 is 31.0. The van der Waals surface area contributed by atoms with Crippen molar-refractivity contribution in [1.29, 1.82) is 0 Å². The molecule has 0 bridgehead atoms. The third kappa shape index (κ3) is 4.15. The van der Waals surface area contributed by atoms with Gasteiger partial charge in [-0.1, -0.05) is 6.92 Å². The zero-order chi connectivity index (χ0) is 14.3. The molecule has 7 heteroatoms. The van der Waals surface area contributed by atoms with E-state index in [1.807, 2.05) is 6.92 Å². The van der Waals surface area contributed by atoms with Crippen molar-refractivity contribution < 1.29 is 13.2 Å². The summed E-state index contributed by atoms with van der Waals surface area (Å²) in [7, 11) is -0.471. The van der Waals surface area contributed by atoms with Crippen LogP contribution in [0.4, 0.5) is 5.69 Å². The SMILES string of the molecule is CCCNc1ccncc1S(=O)(=O)N(C)CCOC. The first kappa shape index (κ1) is 15.9. The zero-order valence-corrected chi connectivity index (χ0v) is 12.4. The molecular formula is C12H21N3O3S. The topological polar surface area (TPSA) is 71.5 Å². The first-order valence-electron chi connectivity index (χ1n) is 6.17. The zero-order valence-electron chi connectivity index (χ0n) is 11.6. The number of pyridine rings is 1. The van der Waals surface area contributed by atoms with E-state index >= 15 is 0 Å². The van der Waals surface area contributed by atoms with Gasteiger partial charge in [-0.3, -0.25) is 4.98 Å². The van der Waals surface area contributed by atoms with Gasteiger partial charge in [-0.15, -0.1) is 0 Å². The van der Waals surface area contributed by atoms with Crippen LogP contribution in [0.5, 0.6) is 0 Å². The Kier molecular flexibility index (Phi) is 6.20. The van der Waals surface area contributed by atoms with Crippen molar-refractivity contribution in [3.8, 4) is 0 Å². The van der Waals surface area contributed by atoms with Gasteiger partial charge in [0.25, 0.3) is 0 Å². The average molecular weight is 287 g/mol. The fraction of sp³-hybridized carbons (Fsp3) is 0.583. The molecule has 0 fully saturated rings. The number of sulfonamides is 1. The fourth-order valence-corrected chi connectivity index (χ4v) is 2.76. The van der Waals surface area contributed by atoms with Crippen LogP contribution in [-0.4, -0.2) is 51.6 Å². The molecule has 0 saturated heterocycles. The molecule has 1 rings (SSSR count). The van der Waals surface area contributed by atoms with Gasteiger partial charge in [-0.25, -0.2) is 8.42 Å². The number of nitrogens with one attached hydrogen (secondary N) is 1. The van der Waals surface area contributed by atoms with Crippen molar-refractivity contribution in [3.63, 3.8) is 0 Å². The van der Waals surface area contributed by atoms with E-state index in [0.717, 1.165) is 6.42 Å². The van der Waals surface area contributed by atoms with Crippen LogP contribution < -0.4 is 5.32 Å². The molecule has 0 saturated carbocycles. The van der Waals surface area contributed by atoms with Crippen LogP contribution in [0, 0.1) is 0 Å². The van der Waals surface area contributed by atoms with E-state index in [4.69, 9.17) is 4.74 Å². The lowest BCUT2D eigenvalue weighted by atomic mass is 10.4. The van der Waals surface area contributed by atoms with Gasteiger partial charge in [0.1, 0.15) is 4.90 Å². The molecule has 0 radical (unpaired) electrons. The van der Waals surface area contributed by atoms with Crippen molar-refractivity contribution in [2.75, 3.05) is 39.2 Å². The van der Waals surface area contributed by atoms with E-state index in [0.29, 0.717) is 25.4 Å². The Morgan fingerprint density at radius 3 is 2.84 bits per heavy atom. The summed E-state index contributed by atoms with van der Waals surface area (Å²) in [5.74, 6) is 0. The number of rotatable bonds is 8. The molecule has 0 unspecified atom stereocenters. The largest absolute Gasteiger partial charge is 0.384 e. The second-order valence-electron chi connectivity index (χ2n) is 4.12. The van der Waals surface area contributed by atoms with Crippen LogP contribution >= 0.6 is 0 Å². The number of likely N-dealkylation sites (N-methyl/N-ethyl adjacent to an activating group) is 1. The van der Waals surface area contributed by atoms with E-state index in [1.165, 1.54) is 17.5 Å². The number of hydrogen-bond acceptors (Lipinski definition) is 5. The first-order chi connectivity index (χ1) is 9.04. The van der Waals surface area contributed by atoms with Crippen molar-refractivity contribution >= 4 is 15.7 Å². The number of hydrogen-bond donors (Lipinski definition) is 1. The Balaban J connectivity index is 3.00. The molecule has 0 atom stereocenters. The first-order valence-corrected chi connectivity index (χ1v) is 7.61. The standard InChI is InChI=1S/C12H21N3O3S/c1-4-6-14-11-5-7-13-10-12(11)19(16,17)15(2)8-9-18-3/h5,7,10H,4,6,8-9H2,1-3H3,(H,13,14). The van der Waals surface area contributed by atoms with E-state index in [2.05, 4.69) is 10.3 Å². The van der Waals surface area contributed by atoms with Crippen molar-refractivity contribution in [2.24, 2.45) is 0 Å². The van der Waals surface area contributed by atoms with Gasteiger partial charge < -0.3 is 10.1 Å². The van der Waals surface area contributed by atoms with Gasteiger partial charge in [0.05, 0.1) is 12.3 Å². The summed E-state index contributed by atoms with van der Waals surface area (Å²) in [6.45, 7) is 3.40. The molecule has 1 aromatic rings. The molecule has 0 aliphatic rings. The summed E-state index contributed by atoms with van der Waals surface area (Å²) in [6, 6.07) is 1.67. The predicted octanol–water partition coefficient (Wildman–Crippen LogP) is 1.17. The minimum absolute atomic E-state index is 0.196. The second kappa shape index (κ2) is 7.42. The molecule has 6 nitrogen and oxygen atoms in total. The summed E-state index contributed by atoms with van der Waals surface area (Å²) in [6.07, 6.45) is 3.87. The van der Waals surface area contributed by atoms with E-state index in [1.54, 1.807) is 19.4 Å². The highest BCUT2D eigenvalue weighted by Crippen LogP contribution is 2.22. The highest BCUT2D eigenvalue weighted by Gasteiger charge is 2.23. The number of ether oxygens (including phenoxy) is 1. The predicted molar refractivity (Wildman–Crippen MR) is 74.7 cm³/mol. The quantitative estimate of drug-likeness (QED) is 0.777. The Labute approximate surface area is 114 Å². The maximum Gasteiger partial charge on any atom is 0.246 e. The van der Waals surface area contributed by atoms with Gasteiger partial charge in [-0.2, -0.15) is 4.31 Å². The van der Waals surface area contributed by atoms with Crippen LogP contribution in [-0.2, 0) is 14.8 Å². The molecule has 0 aliphatic carbocycles. The van der Waals surface area contributed by atoms with Crippen LogP contribution in [0.25, 0.3) is 0 Å². The van der Waals surface area contributed by atoms with Crippen LogP contribution in [0.15, 0.2) is 23.4 Å². The maximum absolute atomic E-state index is 12.4. The van der Waals surface area contributed by atoms with Gasteiger partial charge >= 0.3 is 0 Å². The van der Waals surface area contributed by atoms with Crippen molar-refractivity contribution in [2.45, 2.75) is 18.2 Å². The Morgan fingerprint density at radius 1 is 1.47 bits per heavy atom. The van der Waals surface area contributed by atoms with Crippen LogP contribution in [0.1, 0.15) is 13.3 Å². The smallest absolute Gasteiger partial charge is 0.246 e. The summed E-state index contributed by atoms with van der Waals surface area (Å²) in [5.41, 5.74) is 0.584. The summed E-state index contributed by atoms with van der Waals surface area (Å²) in [5, 5.41) is 3.10. The number of anilines is 1. The highest BCUT2D eigenvalue weighted by molar-refractivity contribution is 7.89. The Hall–Kier alpha value is -1.18. The third-order valence-corrected chi connectivity index (χ3v) is 4.53. The number of aromatic nitrogens is 1. The van der Waals surface area contributed by atoms with E-state index in [9.17, 15) is 8.42 Å². The minimum Gasteiger partial charge on any atom is -0.384 e. The normalized spacial score (nSPS) is 11.8. The van der Waals surface area contributed by atoms with Gasteiger partial charge in [0.15, 0.2) is 0 Å². The van der Waals surface area contributed by atoms with Crippen molar-refractivity contribution in [1.82, 2.24) is 9.29 Å². The molecule has 0 spiro atoms. The highest BCUT2D eigenvalue weighted by atomic mass is 32.2. The fourth-order valence-electron chi connectivity index (χ4n) is 1.50. The van der Waals surface area contributed by atoms with Gasteiger partial charge in [-0.05, 0) is 12.5 Å². The van der Waals surface area contributed by atoms with E-state index < -0.39 is 10.0 Å². The van der Waals surface area contributed by atoms with Gasteiger partial charge in [0.2, 0.25) is 10.0 Å². The third-order valence-electron chi connectivity index (χ3n) is 2.65. The second-order valence-corrected chi connectivity index (χ2v) is 6.13. The van der Waals surface area contributed by atoms with E-state index in [-0.39, 0.29) is 4.90 Å². The number of nitrogens with zero attached hydrogens (tertiary/aromatic N) is 2. The van der Waals surface area contributed by atoms with Gasteiger partial charge in [0, 0.05) is 39.6 Å². The Bertz CT molecular complexity index is 491. The Morgan fingerprint density at radius 2 is 2.21 bits per heavy atom. The lowest BCUT2D eigenvalue weighted by molar-refractivity contribution is 0.185. The summed E-state index contributed by atoms with van der Waals surface area (Å²) in [4.78, 5) is 4.10. The number of methoxy groups -OCH3 is 1. The molecular weight excluding hydrogens is 266 g/mol. The monoisotopic (exact) mass is 287 g/mol. The summed E-state index contributed by atoms with van der Waals surface area (Å²) >= 11 is 0.